The Morgan fingerprint density at radius 1 is 1.29 bits per heavy atom. The largest absolute Gasteiger partial charge is 0.481 e. The van der Waals surface area contributed by atoms with Crippen molar-refractivity contribution in [3.05, 3.63) is 52.8 Å². The van der Waals surface area contributed by atoms with Crippen LogP contribution in [0.4, 0.5) is 5.69 Å². The molecule has 0 bridgehead atoms. The van der Waals surface area contributed by atoms with Gasteiger partial charge in [-0.25, -0.2) is 0 Å². The molecule has 2 aromatic rings. The molecule has 0 aliphatic rings. The average molecular weight is 305 g/mol. The lowest BCUT2D eigenvalue weighted by Crippen LogP contribution is -2.30. The maximum Gasteiger partial charge on any atom is 0.265 e. The highest BCUT2D eigenvalue weighted by Crippen LogP contribution is 2.22. The Labute approximate surface area is 129 Å². The number of benzene rings is 1. The summed E-state index contributed by atoms with van der Waals surface area (Å²) in [6.45, 7) is 5.46. The van der Waals surface area contributed by atoms with E-state index in [4.69, 9.17) is 16.3 Å². The molecule has 2 rings (SSSR count). The summed E-state index contributed by atoms with van der Waals surface area (Å²) in [5.74, 6) is 0.402. The minimum absolute atomic E-state index is 0.215. The normalized spacial score (nSPS) is 11.8. The SMILES string of the molecule is Cc1cc(NC(=O)C(C)Oc2ccc(Cl)c(C)c2)ccn1. The van der Waals surface area contributed by atoms with Crippen molar-refractivity contribution in [3.63, 3.8) is 0 Å². The highest BCUT2D eigenvalue weighted by molar-refractivity contribution is 6.31. The highest BCUT2D eigenvalue weighted by Gasteiger charge is 2.15. The minimum atomic E-state index is -0.612. The van der Waals surface area contributed by atoms with Gasteiger partial charge in [0, 0.05) is 22.6 Å². The number of hydrogen-bond donors (Lipinski definition) is 1. The molecule has 1 heterocycles. The van der Waals surface area contributed by atoms with Gasteiger partial charge in [0.2, 0.25) is 0 Å². The van der Waals surface area contributed by atoms with Crippen molar-refractivity contribution in [2.24, 2.45) is 0 Å². The van der Waals surface area contributed by atoms with E-state index in [1.165, 1.54) is 0 Å². The molecule has 0 spiro atoms. The van der Waals surface area contributed by atoms with Crippen molar-refractivity contribution >= 4 is 23.2 Å². The lowest BCUT2D eigenvalue weighted by Gasteiger charge is -2.15. The number of hydrogen-bond acceptors (Lipinski definition) is 3. The van der Waals surface area contributed by atoms with Crippen molar-refractivity contribution in [3.8, 4) is 5.75 Å². The summed E-state index contributed by atoms with van der Waals surface area (Å²) < 4.78 is 5.63. The topological polar surface area (TPSA) is 51.2 Å². The molecule has 0 saturated carbocycles. The molecule has 4 nitrogen and oxygen atoms in total. The quantitative estimate of drug-likeness (QED) is 0.935. The van der Waals surface area contributed by atoms with Gasteiger partial charge in [0.15, 0.2) is 6.10 Å². The fraction of sp³-hybridized carbons (Fsp3) is 0.250. The van der Waals surface area contributed by atoms with Gasteiger partial charge in [-0.05, 0) is 56.7 Å². The highest BCUT2D eigenvalue weighted by atomic mass is 35.5. The summed E-state index contributed by atoms with van der Waals surface area (Å²) in [7, 11) is 0. The molecule has 0 aliphatic carbocycles. The van der Waals surface area contributed by atoms with Gasteiger partial charge in [-0.15, -0.1) is 0 Å². The fourth-order valence-electron chi connectivity index (χ4n) is 1.82. The van der Waals surface area contributed by atoms with E-state index in [0.29, 0.717) is 16.5 Å². The summed E-state index contributed by atoms with van der Waals surface area (Å²) in [6, 6.07) is 8.85. The van der Waals surface area contributed by atoms with Crippen molar-refractivity contribution in [1.29, 1.82) is 0 Å². The van der Waals surface area contributed by atoms with E-state index in [2.05, 4.69) is 10.3 Å². The molecule has 1 atom stereocenters. The number of anilines is 1. The Balaban J connectivity index is 2.00. The third-order valence-electron chi connectivity index (χ3n) is 2.98. The number of aryl methyl sites for hydroxylation is 2. The Kier molecular flexibility index (Phi) is 4.81. The number of aromatic nitrogens is 1. The second kappa shape index (κ2) is 6.59. The van der Waals surface area contributed by atoms with Crippen LogP contribution in [0, 0.1) is 13.8 Å². The van der Waals surface area contributed by atoms with Gasteiger partial charge in [0.25, 0.3) is 5.91 Å². The van der Waals surface area contributed by atoms with Crippen LogP contribution in [0.25, 0.3) is 0 Å². The monoisotopic (exact) mass is 304 g/mol. The molecule has 1 amide bonds. The molecular formula is C16H17ClN2O2. The van der Waals surface area contributed by atoms with Crippen LogP contribution in [-0.4, -0.2) is 17.0 Å². The van der Waals surface area contributed by atoms with E-state index in [9.17, 15) is 4.79 Å². The van der Waals surface area contributed by atoms with Crippen molar-refractivity contribution in [2.75, 3.05) is 5.32 Å². The van der Waals surface area contributed by atoms with Crippen molar-refractivity contribution in [1.82, 2.24) is 4.98 Å². The molecule has 21 heavy (non-hydrogen) atoms. The van der Waals surface area contributed by atoms with Gasteiger partial charge in [0.05, 0.1) is 0 Å². The second-order valence-electron chi connectivity index (χ2n) is 4.85. The smallest absolute Gasteiger partial charge is 0.265 e. The average Bonchev–Trinajstić information content (AvgIpc) is 2.43. The summed E-state index contributed by atoms with van der Waals surface area (Å²) in [6.07, 6.45) is 1.04. The van der Waals surface area contributed by atoms with E-state index in [1.807, 2.05) is 19.9 Å². The van der Waals surface area contributed by atoms with E-state index in [0.717, 1.165) is 11.3 Å². The number of carbonyl (C=O) groups is 1. The number of halogens is 1. The number of nitrogens with zero attached hydrogens (tertiary/aromatic N) is 1. The standard InChI is InChI=1S/C16H17ClN2O2/c1-10-8-14(4-5-15(10)17)21-12(3)16(20)19-13-6-7-18-11(2)9-13/h4-9,12H,1-3H3,(H,18,19,20). The summed E-state index contributed by atoms with van der Waals surface area (Å²) in [5.41, 5.74) is 2.46. The van der Waals surface area contributed by atoms with Crippen molar-refractivity contribution in [2.45, 2.75) is 26.9 Å². The molecule has 0 fully saturated rings. The van der Waals surface area contributed by atoms with E-state index in [-0.39, 0.29) is 5.91 Å². The first kappa shape index (κ1) is 15.3. The van der Waals surface area contributed by atoms with Crippen LogP contribution >= 0.6 is 11.6 Å². The number of carbonyl (C=O) groups excluding carboxylic acids is 1. The van der Waals surface area contributed by atoms with Gasteiger partial charge >= 0.3 is 0 Å². The zero-order valence-electron chi connectivity index (χ0n) is 12.2. The maximum absolute atomic E-state index is 12.1. The van der Waals surface area contributed by atoms with Crippen LogP contribution in [0.3, 0.4) is 0 Å². The second-order valence-corrected chi connectivity index (χ2v) is 5.25. The van der Waals surface area contributed by atoms with Crippen LogP contribution in [0.15, 0.2) is 36.5 Å². The Morgan fingerprint density at radius 3 is 2.71 bits per heavy atom. The maximum atomic E-state index is 12.1. The predicted molar refractivity (Wildman–Crippen MR) is 83.9 cm³/mol. The van der Waals surface area contributed by atoms with Crippen molar-refractivity contribution < 1.29 is 9.53 Å². The zero-order valence-corrected chi connectivity index (χ0v) is 12.9. The third kappa shape index (κ3) is 4.20. The molecule has 0 radical (unpaired) electrons. The van der Waals surface area contributed by atoms with Gasteiger partial charge in [-0.1, -0.05) is 11.6 Å². The Bertz CT molecular complexity index is 658. The summed E-state index contributed by atoms with van der Waals surface area (Å²) in [4.78, 5) is 16.2. The first-order valence-electron chi connectivity index (χ1n) is 6.62. The molecule has 0 saturated heterocycles. The number of nitrogens with one attached hydrogen (secondary N) is 1. The van der Waals surface area contributed by atoms with Crippen LogP contribution < -0.4 is 10.1 Å². The molecule has 1 aromatic heterocycles. The first-order chi connectivity index (χ1) is 9.95. The van der Waals surface area contributed by atoms with Gasteiger partial charge in [-0.2, -0.15) is 0 Å². The molecule has 110 valence electrons. The zero-order chi connectivity index (χ0) is 15.4. The third-order valence-corrected chi connectivity index (χ3v) is 3.40. The van der Waals surface area contributed by atoms with Crippen LogP contribution in [0.5, 0.6) is 5.75 Å². The van der Waals surface area contributed by atoms with Crippen LogP contribution in [0.2, 0.25) is 5.02 Å². The van der Waals surface area contributed by atoms with E-state index >= 15 is 0 Å². The van der Waals surface area contributed by atoms with Gasteiger partial charge in [0.1, 0.15) is 5.75 Å². The number of rotatable bonds is 4. The predicted octanol–water partition coefficient (Wildman–Crippen LogP) is 3.76. The Morgan fingerprint density at radius 2 is 2.05 bits per heavy atom. The number of ether oxygens (including phenoxy) is 1. The molecule has 1 aromatic carbocycles. The first-order valence-corrected chi connectivity index (χ1v) is 7.00. The molecular weight excluding hydrogens is 288 g/mol. The summed E-state index contributed by atoms with van der Waals surface area (Å²) >= 11 is 5.96. The lowest BCUT2D eigenvalue weighted by atomic mass is 10.2. The van der Waals surface area contributed by atoms with Crippen LogP contribution in [-0.2, 0) is 4.79 Å². The van der Waals surface area contributed by atoms with Gasteiger partial charge in [-0.3, -0.25) is 9.78 Å². The van der Waals surface area contributed by atoms with E-state index in [1.54, 1.807) is 37.4 Å². The van der Waals surface area contributed by atoms with Crippen LogP contribution in [0.1, 0.15) is 18.2 Å². The molecule has 1 N–H and O–H groups in total. The van der Waals surface area contributed by atoms with E-state index < -0.39 is 6.10 Å². The molecule has 1 unspecified atom stereocenters. The molecule has 5 heteroatoms. The number of amides is 1. The fourth-order valence-corrected chi connectivity index (χ4v) is 1.93. The van der Waals surface area contributed by atoms with Gasteiger partial charge < -0.3 is 10.1 Å². The Hall–Kier alpha value is -2.07. The number of pyridine rings is 1. The summed E-state index contributed by atoms with van der Waals surface area (Å²) in [5, 5.41) is 3.47. The molecule has 0 aliphatic heterocycles. The lowest BCUT2D eigenvalue weighted by molar-refractivity contribution is -0.122. The minimum Gasteiger partial charge on any atom is -0.481 e.